The number of carbonyl (C=O) groups is 2. The second kappa shape index (κ2) is 8.64. The summed E-state index contributed by atoms with van der Waals surface area (Å²) in [7, 11) is -3.55. The van der Waals surface area contributed by atoms with Gasteiger partial charge in [-0.2, -0.15) is 0 Å². The lowest BCUT2D eigenvalue weighted by molar-refractivity contribution is -0.122. The summed E-state index contributed by atoms with van der Waals surface area (Å²) < 4.78 is 26.0. The van der Waals surface area contributed by atoms with Crippen LogP contribution in [-0.2, 0) is 14.8 Å². The number of sulfonamides is 1. The Morgan fingerprint density at radius 1 is 1.13 bits per heavy atom. The molecule has 1 aromatic carbocycles. The molecule has 1 atom stereocenters. The lowest BCUT2D eigenvalue weighted by Gasteiger charge is -2.14. The van der Waals surface area contributed by atoms with Gasteiger partial charge in [-0.25, -0.2) is 13.1 Å². The topological polar surface area (TPSA) is 104 Å². The smallest absolute Gasteiger partial charge is 0.251 e. The number of benzene rings is 1. The molecule has 8 heteroatoms. The molecule has 2 amide bonds. The highest BCUT2D eigenvalue weighted by Gasteiger charge is 2.17. The first-order chi connectivity index (χ1) is 10.8. The molecule has 0 unspecified atom stereocenters. The molecule has 0 spiro atoms. The zero-order chi connectivity index (χ0) is 17.5. The molecule has 0 aromatic heterocycles. The molecular weight excluding hydrogens is 318 g/mol. The molecule has 0 bridgehead atoms. The van der Waals surface area contributed by atoms with Gasteiger partial charge >= 0.3 is 0 Å². The van der Waals surface area contributed by atoms with Gasteiger partial charge in [0, 0.05) is 18.7 Å². The molecule has 0 aliphatic carbocycles. The first-order valence-corrected chi connectivity index (χ1v) is 8.98. The third kappa shape index (κ3) is 5.65. The maximum atomic E-state index is 12.1. The minimum atomic E-state index is -3.55. The van der Waals surface area contributed by atoms with E-state index in [9.17, 15) is 18.0 Å². The molecule has 0 aliphatic heterocycles. The predicted octanol–water partition coefficient (Wildman–Crippen LogP) is 0.629. The van der Waals surface area contributed by atoms with Crippen molar-refractivity contribution in [2.45, 2.75) is 38.1 Å². The minimum Gasteiger partial charge on any atom is -0.354 e. The van der Waals surface area contributed by atoms with Crippen molar-refractivity contribution in [3.8, 4) is 0 Å². The van der Waals surface area contributed by atoms with Crippen molar-refractivity contribution in [1.82, 2.24) is 15.4 Å². The van der Waals surface area contributed by atoms with Gasteiger partial charge in [0.1, 0.15) is 6.04 Å². The summed E-state index contributed by atoms with van der Waals surface area (Å²) in [6.45, 7) is 6.05. The summed E-state index contributed by atoms with van der Waals surface area (Å²) in [4.78, 5) is 23.9. The van der Waals surface area contributed by atoms with Crippen molar-refractivity contribution in [3.63, 3.8) is 0 Å². The number of carbonyl (C=O) groups excluding carboxylic acids is 2. The Bertz CT molecular complexity index is 641. The summed E-state index contributed by atoms with van der Waals surface area (Å²) in [6, 6.07) is 4.87. The lowest BCUT2D eigenvalue weighted by Crippen LogP contribution is -2.45. The van der Waals surface area contributed by atoms with Crippen LogP contribution in [0.25, 0.3) is 0 Å². The summed E-state index contributed by atoms with van der Waals surface area (Å²) >= 11 is 0. The lowest BCUT2D eigenvalue weighted by atomic mass is 10.2. The van der Waals surface area contributed by atoms with Crippen LogP contribution in [-0.4, -0.2) is 39.4 Å². The summed E-state index contributed by atoms with van der Waals surface area (Å²) in [6.07, 6.45) is 0.814. The van der Waals surface area contributed by atoms with Gasteiger partial charge in [-0.3, -0.25) is 9.59 Å². The fourth-order valence-electron chi connectivity index (χ4n) is 1.81. The van der Waals surface area contributed by atoms with Gasteiger partial charge in [0.05, 0.1) is 4.90 Å². The van der Waals surface area contributed by atoms with Crippen molar-refractivity contribution >= 4 is 21.8 Å². The monoisotopic (exact) mass is 341 g/mol. The van der Waals surface area contributed by atoms with Gasteiger partial charge in [0.2, 0.25) is 15.9 Å². The van der Waals surface area contributed by atoms with E-state index in [0.29, 0.717) is 6.54 Å². The number of hydrogen-bond acceptors (Lipinski definition) is 4. The van der Waals surface area contributed by atoms with E-state index in [1.54, 1.807) is 13.8 Å². The molecule has 7 nitrogen and oxygen atoms in total. The van der Waals surface area contributed by atoms with Crippen LogP contribution in [0.5, 0.6) is 0 Å². The summed E-state index contributed by atoms with van der Waals surface area (Å²) in [5, 5.41) is 5.26. The Labute approximate surface area is 136 Å². The highest BCUT2D eigenvalue weighted by Crippen LogP contribution is 2.10. The predicted molar refractivity (Wildman–Crippen MR) is 87.5 cm³/mol. The highest BCUT2D eigenvalue weighted by atomic mass is 32.2. The molecule has 1 aromatic rings. The molecule has 0 saturated heterocycles. The molecular formula is C15H23N3O4S. The van der Waals surface area contributed by atoms with Crippen LogP contribution < -0.4 is 15.4 Å². The van der Waals surface area contributed by atoms with Crippen LogP contribution >= 0.6 is 0 Å². The van der Waals surface area contributed by atoms with Crippen LogP contribution in [0.1, 0.15) is 37.6 Å². The zero-order valence-corrected chi connectivity index (χ0v) is 14.4. The molecule has 1 rings (SSSR count). The third-order valence-electron chi connectivity index (χ3n) is 3.05. The van der Waals surface area contributed by atoms with Crippen molar-refractivity contribution in [1.29, 1.82) is 0 Å². The van der Waals surface area contributed by atoms with Crippen molar-refractivity contribution in [2.75, 3.05) is 13.1 Å². The molecule has 23 heavy (non-hydrogen) atoms. The average Bonchev–Trinajstić information content (AvgIpc) is 2.52. The maximum Gasteiger partial charge on any atom is 0.251 e. The molecule has 0 aliphatic rings. The summed E-state index contributed by atoms with van der Waals surface area (Å²) in [5.74, 6) is -0.692. The second-order valence-electron chi connectivity index (χ2n) is 5.01. The van der Waals surface area contributed by atoms with Gasteiger partial charge in [-0.15, -0.1) is 0 Å². The molecule has 0 heterocycles. The first kappa shape index (κ1) is 19.1. The van der Waals surface area contributed by atoms with Crippen molar-refractivity contribution < 1.29 is 18.0 Å². The Kier molecular flexibility index (Phi) is 7.18. The second-order valence-corrected chi connectivity index (χ2v) is 6.78. The Morgan fingerprint density at radius 2 is 1.74 bits per heavy atom. The molecule has 128 valence electrons. The van der Waals surface area contributed by atoms with E-state index >= 15 is 0 Å². The van der Waals surface area contributed by atoms with Crippen LogP contribution in [0.4, 0.5) is 0 Å². The molecule has 3 N–H and O–H groups in total. The van der Waals surface area contributed by atoms with Gasteiger partial charge < -0.3 is 10.6 Å². The van der Waals surface area contributed by atoms with E-state index in [1.807, 2.05) is 6.92 Å². The highest BCUT2D eigenvalue weighted by molar-refractivity contribution is 7.89. The minimum absolute atomic E-state index is 0.0876. The number of amides is 2. The van der Waals surface area contributed by atoms with E-state index in [0.717, 1.165) is 6.42 Å². The van der Waals surface area contributed by atoms with Crippen LogP contribution in [0, 0.1) is 0 Å². The number of nitrogens with one attached hydrogen (secondary N) is 3. The maximum absolute atomic E-state index is 12.1. The molecule has 0 fully saturated rings. The van der Waals surface area contributed by atoms with E-state index < -0.39 is 22.0 Å². The Morgan fingerprint density at radius 3 is 2.26 bits per heavy atom. The van der Waals surface area contributed by atoms with Gasteiger partial charge in [-0.05, 0) is 37.6 Å². The van der Waals surface area contributed by atoms with Gasteiger partial charge in [0.15, 0.2) is 0 Å². The fourth-order valence-corrected chi connectivity index (χ4v) is 2.85. The van der Waals surface area contributed by atoms with E-state index in [4.69, 9.17) is 0 Å². The normalized spacial score (nSPS) is 12.5. The standard InChI is InChI=1S/C15H23N3O4S/c1-4-10-16-14(19)11(3)18-15(20)12-6-8-13(9-7-12)23(21,22)17-5-2/h6-9,11,17H,4-5,10H2,1-3H3,(H,16,19)(H,18,20)/t11-/m1/s1. The molecule has 0 radical (unpaired) electrons. The van der Waals surface area contributed by atoms with Crippen molar-refractivity contribution in [2.24, 2.45) is 0 Å². The SMILES string of the molecule is CCCNC(=O)[C@@H](C)NC(=O)c1ccc(S(=O)(=O)NCC)cc1. The van der Waals surface area contributed by atoms with Crippen molar-refractivity contribution in [3.05, 3.63) is 29.8 Å². The largest absolute Gasteiger partial charge is 0.354 e. The number of hydrogen-bond donors (Lipinski definition) is 3. The number of rotatable bonds is 8. The summed E-state index contributed by atoms with van der Waals surface area (Å²) in [5.41, 5.74) is 0.288. The van der Waals surface area contributed by atoms with Gasteiger partial charge in [-0.1, -0.05) is 13.8 Å². The Balaban J connectivity index is 2.73. The van der Waals surface area contributed by atoms with Crippen LogP contribution in [0.3, 0.4) is 0 Å². The van der Waals surface area contributed by atoms with E-state index in [1.165, 1.54) is 24.3 Å². The molecule has 0 saturated carbocycles. The third-order valence-corrected chi connectivity index (χ3v) is 4.61. The zero-order valence-electron chi connectivity index (χ0n) is 13.5. The van der Waals surface area contributed by atoms with Gasteiger partial charge in [0.25, 0.3) is 5.91 Å². The fraction of sp³-hybridized carbons (Fsp3) is 0.467. The van der Waals surface area contributed by atoms with E-state index in [2.05, 4.69) is 15.4 Å². The Hall–Kier alpha value is -1.93. The average molecular weight is 341 g/mol. The van der Waals surface area contributed by atoms with Crippen LogP contribution in [0.2, 0.25) is 0 Å². The van der Waals surface area contributed by atoms with E-state index in [-0.39, 0.29) is 22.9 Å². The first-order valence-electron chi connectivity index (χ1n) is 7.50. The van der Waals surface area contributed by atoms with Crippen LogP contribution in [0.15, 0.2) is 29.2 Å². The quantitative estimate of drug-likeness (QED) is 0.645.